The highest BCUT2D eigenvalue weighted by Crippen LogP contribution is 2.44. The summed E-state index contributed by atoms with van der Waals surface area (Å²) in [5.74, 6) is -0.0720. The summed E-state index contributed by atoms with van der Waals surface area (Å²) >= 11 is 3.11. The Hall–Kier alpha value is -1.61. The molecule has 1 aliphatic carbocycles. The first-order valence-electron chi connectivity index (χ1n) is 6.21. The second-order valence-electron chi connectivity index (χ2n) is 4.54. The summed E-state index contributed by atoms with van der Waals surface area (Å²) in [6, 6.07) is 16.6. The molecule has 19 heavy (non-hydrogen) atoms. The Bertz CT molecular complexity index is 576. The fourth-order valence-corrected chi connectivity index (χ4v) is 2.82. The van der Waals surface area contributed by atoms with E-state index in [2.05, 4.69) is 40.2 Å². The van der Waals surface area contributed by atoms with Gasteiger partial charge in [0, 0.05) is 5.92 Å². The number of carbonyl (C=O) groups is 1. The van der Waals surface area contributed by atoms with Crippen molar-refractivity contribution in [1.82, 2.24) is 0 Å². The van der Waals surface area contributed by atoms with Crippen LogP contribution in [0.2, 0.25) is 0 Å². The number of halogens is 1. The first-order chi connectivity index (χ1) is 9.31. The molecule has 0 bridgehead atoms. The van der Waals surface area contributed by atoms with E-state index in [9.17, 15) is 4.79 Å². The van der Waals surface area contributed by atoms with Crippen molar-refractivity contribution in [3.63, 3.8) is 0 Å². The largest absolute Gasteiger partial charge is 0.464 e. The molecule has 0 heterocycles. The van der Waals surface area contributed by atoms with Gasteiger partial charge in [0.2, 0.25) is 0 Å². The van der Waals surface area contributed by atoms with E-state index < -0.39 is 0 Å². The Balaban J connectivity index is 1.98. The quantitative estimate of drug-likeness (QED) is 0.637. The van der Waals surface area contributed by atoms with Crippen LogP contribution in [0.5, 0.6) is 0 Å². The maximum Gasteiger partial charge on any atom is 0.316 e. The predicted molar refractivity (Wildman–Crippen MR) is 78.5 cm³/mol. The Morgan fingerprint density at radius 3 is 2.05 bits per heavy atom. The van der Waals surface area contributed by atoms with E-state index in [0.29, 0.717) is 6.61 Å². The monoisotopic (exact) mass is 316 g/mol. The second-order valence-corrected chi connectivity index (χ2v) is 5.10. The molecule has 2 nitrogen and oxygen atoms in total. The molecule has 3 rings (SSSR count). The van der Waals surface area contributed by atoms with Crippen molar-refractivity contribution in [3.05, 3.63) is 59.7 Å². The van der Waals surface area contributed by atoms with E-state index in [1.807, 2.05) is 24.3 Å². The van der Waals surface area contributed by atoms with Gasteiger partial charge in [0.25, 0.3) is 0 Å². The van der Waals surface area contributed by atoms with Crippen LogP contribution in [0.4, 0.5) is 0 Å². The zero-order valence-corrected chi connectivity index (χ0v) is 11.9. The molecule has 0 amide bonds. The van der Waals surface area contributed by atoms with Crippen LogP contribution in [-0.2, 0) is 9.53 Å². The third-order valence-electron chi connectivity index (χ3n) is 3.48. The van der Waals surface area contributed by atoms with Crippen molar-refractivity contribution < 1.29 is 9.53 Å². The van der Waals surface area contributed by atoms with Gasteiger partial charge in [-0.25, -0.2) is 0 Å². The highest BCUT2D eigenvalue weighted by Gasteiger charge is 2.28. The molecule has 2 aromatic rings. The molecule has 0 saturated heterocycles. The second kappa shape index (κ2) is 5.17. The summed E-state index contributed by atoms with van der Waals surface area (Å²) in [6.07, 6.45) is 0. The molecule has 2 aromatic carbocycles. The van der Waals surface area contributed by atoms with Crippen molar-refractivity contribution in [2.75, 3.05) is 11.9 Å². The van der Waals surface area contributed by atoms with Crippen LogP contribution in [-0.4, -0.2) is 17.9 Å². The lowest BCUT2D eigenvalue weighted by molar-refractivity contribution is -0.140. The van der Waals surface area contributed by atoms with Crippen LogP contribution in [0.15, 0.2) is 48.5 Å². The molecule has 0 radical (unpaired) electrons. The molecule has 0 aliphatic heterocycles. The molecule has 3 heteroatoms. The van der Waals surface area contributed by atoms with Gasteiger partial charge >= 0.3 is 5.97 Å². The third kappa shape index (κ3) is 2.19. The molecule has 0 atom stereocenters. The minimum atomic E-state index is -0.220. The topological polar surface area (TPSA) is 26.3 Å². The molecule has 0 aromatic heterocycles. The fraction of sp³-hybridized carbons (Fsp3) is 0.188. The van der Waals surface area contributed by atoms with E-state index in [4.69, 9.17) is 4.74 Å². The lowest BCUT2D eigenvalue weighted by Crippen LogP contribution is -2.12. The average Bonchev–Trinajstić information content (AvgIpc) is 2.79. The van der Waals surface area contributed by atoms with Crippen molar-refractivity contribution in [2.24, 2.45) is 0 Å². The summed E-state index contributed by atoms with van der Waals surface area (Å²) < 4.78 is 5.30. The zero-order valence-electron chi connectivity index (χ0n) is 10.3. The predicted octanol–water partition coefficient (Wildman–Crippen LogP) is 3.74. The van der Waals surface area contributed by atoms with Gasteiger partial charge in [-0.05, 0) is 22.3 Å². The number of ether oxygens (including phenoxy) is 1. The van der Waals surface area contributed by atoms with Gasteiger partial charge in [-0.1, -0.05) is 64.5 Å². The minimum absolute atomic E-state index is 0.149. The van der Waals surface area contributed by atoms with E-state index in [0.717, 1.165) is 0 Å². The van der Waals surface area contributed by atoms with Crippen LogP contribution in [0, 0.1) is 0 Å². The lowest BCUT2D eigenvalue weighted by atomic mass is 9.98. The fourth-order valence-electron chi connectivity index (χ4n) is 2.65. The van der Waals surface area contributed by atoms with Gasteiger partial charge in [-0.15, -0.1) is 0 Å². The van der Waals surface area contributed by atoms with Gasteiger partial charge < -0.3 is 4.74 Å². The Labute approximate surface area is 120 Å². The number of carbonyl (C=O) groups excluding carboxylic acids is 1. The molecule has 0 saturated carbocycles. The first kappa shape index (κ1) is 12.4. The van der Waals surface area contributed by atoms with E-state index in [1.165, 1.54) is 22.3 Å². The number of fused-ring (bicyclic) bond motifs is 3. The summed E-state index contributed by atoms with van der Waals surface area (Å²) in [5, 5.41) is 0.239. The summed E-state index contributed by atoms with van der Waals surface area (Å²) in [6.45, 7) is 0.401. The van der Waals surface area contributed by atoms with Crippen LogP contribution >= 0.6 is 15.9 Å². The van der Waals surface area contributed by atoms with Crippen LogP contribution < -0.4 is 0 Å². The third-order valence-corrected chi connectivity index (χ3v) is 3.94. The number of esters is 1. The molecule has 0 spiro atoms. The van der Waals surface area contributed by atoms with Crippen molar-refractivity contribution >= 4 is 21.9 Å². The number of benzene rings is 2. The molecular weight excluding hydrogens is 304 g/mol. The van der Waals surface area contributed by atoms with Gasteiger partial charge in [0.05, 0.1) is 0 Å². The van der Waals surface area contributed by atoms with Gasteiger partial charge in [-0.2, -0.15) is 0 Å². The summed E-state index contributed by atoms with van der Waals surface area (Å²) in [5.41, 5.74) is 4.98. The SMILES string of the molecule is O=C(CBr)OCC1c2ccccc2-c2ccccc21. The molecule has 0 unspecified atom stereocenters. The number of hydrogen-bond acceptors (Lipinski definition) is 2. The maximum absolute atomic E-state index is 11.3. The van der Waals surface area contributed by atoms with Gasteiger partial charge in [0.1, 0.15) is 11.9 Å². The average molecular weight is 317 g/mol. The lowest BCUT2D eigenvalue weighted by Gasteiger charge is -2.13. The highest BCUT2D eigenvalue weighted by molar-refractivity contribution is 9.09. The van der Waals surface area contributed by atoms with Crippen molar-refractivity contribution in [1.29, 1.82) is 0 Å². The maximum atomic E-state index is 11.3. The number of alkyl halides is 1. The van der Waals surface area contributed by atoms with Crippen LogP contribution in [0.25, 0.3) is 11.1 Å². The molecule has 1 aliphatic rings. The minimum Gasteiger partial charge on any atom is -0.464 e. The number of hydrogen-bond donors (Lipinski definition) is 0. The van der Waals surface area contributed by atoms with Gasteiger partial charge in [0.15, 0.2) is 0 Å². The smallest absolute Gasteiger partial charge is 0.316 e. The zero-order chi connectivity index (χ0) is 13.2. The summed E-state index contributed by atoms with van der Waals surface area (Å²) in [7, 11) is 0. The molecule has 0 fully saturated rings. The normalized spacial score (nSPS) is 12.9. The molecular formula is C16H13BrO2. The van der Waals surface area contributed by atoms with E-state index in [-0.39, 0.29) is 17.2 Å². The number of rotatable bonds is 3. The van der Waals surface area contributed by atoms with Crippen LogP contribution in [0.3, 0.4) is 0 Å². The van der Waals surface area contributed by atoms with Crippen molar-refractivity contribution in [2.45, 2.75) is 5.92 Å². The Kier molecular flexibility index (Phi) is 3.38. The Morgan fingerprint density at radius 2 is 1.53 bits per heavy atom. The molecule has 96 valence electrons. The summed E-state index contributed by atoms with van der Waals surface area (Å²) in [4.78, 5) is 11.3. The highest BCUT2D eigenvalue weighted by atomic mass is 79.9. The first-order valence-corrected chi connectivity index (χ1v) is 7.33. The van der Waals surface area contributed by atoms with Gasteiger partial charge in [-0.3, -0.25) is 4.79 Å². The van der Waals surface area contributed by atoms with E-state index >= 15 is 0 Å². The van der Waals surface area contributed by atoms with Crippen molar-refractivity contribution in [3.8, 4) is 11.1 Å². The van der Waals surface area contributed by atoms with E-state index in [1.54, 1.807) is 0 Å². The Morgan fingerprint density at radius 1 is 1.00 bits per heavy atom. The van der Waals surface area contributed by atoms with Crippen LogP contribution in [0.1, 0.15) is 17.0 Å². The standard InChI is InChI=1S/C16H13BrO2/c17-9-16(18)19-10-15-13-7-3-1-5-11(13)12-6-2-4-8-14(12)15/h1-8,15H,9-10H2. The molecule has 0 N–H and O–H groups in total.